The Bertz CT molecular complexity index is 718. The third-order valence-corrected chi connectivity index (χ3v) is 6.15. The fourth-order valence-electron chi connectivity index (χ4n) is 2.55. The summed E-state index contributed by atoms with van der Waals surface area (Å²) in [5, 5.41) is 0.457. The molecule has 3 rings (SSSR count). The minimum absolute atomic E-state index is 0.236. The van der Waals surface area contributed by atoms with E-state index in [-0.39, 0.29) is 4.90 Å². The Kier molecular flexibility index (Phi) is 3.76. The van der Waals surface area contributed by atoms with Gasteiger partial charge >= 0.3 is 0 Å². The Hall–Kier alpha value is -1.38. The zero-order valence-electron chi connectivity index (χ0n) is 11.8. The molecule has 2 heterocycles. The van der Waals surface area contributed by atoms with Gasteiger partial charge in [0.15, 0.2) is 5.13 Å². The van der Waals surface area contributed by atoms with Gasteiger partial charge in [0.05, 0.1) is 5.69 Å². The Morgan fingerprint density at radius 1 is 1.48 bits per heavy atom. The van der Waals surface area contributed by atoms with Crippen LogP contribution in [0.3, 0.4) is 0 Å². The largest absolute Gasteiger partial charge is 0.349 e. The highest BCUT2D eigenvalue weighted by molar-refractivity contribution is 7.93. The van der Waals surface area contributed by atoms with Crippen molar-refractivity contribution < 1.29 is 8.42 Å². The zero-order valence-corrected chi connectivity index (χ0v) is 13.4. The number of hydrogen-bond donors (Lipinski definition) is 2. The van der Waals surface area contributed by atoms with Crippen molar-refractivity contribution in [3.63, 3.8) is 0 Å². The third kappa shape index (κ3) is 2.70. The Morgan fingerprint density at radius 2 is 2.29 bits per heavy atom. The number of nitrogens with one attached hydrogen (secondary N) is 1. The Balaban J connectivity index is 1.87. The molecular weight excluding hydrogens is 308 g/mol. The quantitative estimate of drug-likeness (QED) is 0.875. The van der Waals surface area contributed by atoms with Crippen molar-refractivity contribution in [1.82, 2.24) is 9.55 Å². The van der Waals surface area contributed by atoms with Gasteiger partial charge in [-0.1, -0.05) is 0 Å². The van der Waals surface area contributed by atoms with Crippen molar-refractivity contribution in [2.75, 3.05) is 4.72 Å². The van der Waals surface area contributed by atoms with Crippen LogP contribution in [0.2, 0.25) is 0 Å². The lowest BCUT2D eigenvalue weighted by molar-refractivity contribution is 0.600. The smallest absolute Gasteiger partial charge is 0.265 e. The van der Waals surface area contributed by atoms with Gasteiger partial charge in [-0.2, -0.15) is 0 Å². The monoisotopic (exact) mass is 326 g/mol. The number of rotatable bonds is 5. The highest BCUT2D eigenvalue weighted by Crippen LogP contribution is 2.31. The predicted octanol–water partition coefficient (Wildman–Crippen LogP) is 1.71. The number of sulfonamides is 1. The van der Waals surface area contributed by atoms with Crippen LogP contribution in [0.5, 0.6) is 0 Å². The van der Waals surface area contributed by atoms with Gasteiger partial charge in [0.1, 0.15) is 4.90 Å². The molecule has 0 aliphatic heterocycles. The summed E-state index contributed by atoms with van der Waals surface area (Å²) >= 11 is 1.43. The molecule has 0 fully saturated rings. The van der Waals surface area contributed by atoms with Crippen LogP contribution in [-0.2, 0) is 36.0 Å². The van der Waals surface area contributed by atoms with Crippen molar-refractivity contribution in [2.45, 2.75) is 44.2 Å². The second kappa shape index (κ2) is 5.43. The lowest BCUT2D eigenvalue weighted by Crippen LogP contribution is -2.12. The molecular formula is C13H18N4O2S2. The number of thiazole rings is 1. The second-order valence-corrected chi connectivity index (χ2v) is 7.77. The first-order valence-corrected chi connectivity index (χ1v) is 9.24. The number of nitrogens with two attached hydrogens (primary N) is 1. The molecule has 8 heteroatoms. The number of aromatic nitrogens is 2. The van der Waals surface area contributed by atoms with Crippen molar-refractivity contribution >= 4 is 26.5 Å². The minimum atomic E-state index is -3.60. The van der Waals surface area contributed by atoms with E-state index in [9.17, 15) is 8.42 Å². The number of anilines is 1. The molecule has 0 radical (unpaired) electrons. The van der Waals surface area contributed by atoms with E-state index in [0.717, 1.165) is 30.7 Å². The summed E-state index contributed by atoms with van der Waals surface area (Å²) in [7, 11) is -3.60. The second-order valence-electron chi connectivity index (χ2n) is 5.01. The van der Waals surface area contributed by atoms with Crippen molar-refractivity contribution in [3.8, 4) is 0 Å². The highest BCUT2D eigenvalue weighted by Gasteiger charge is 2.22. The van der Waals surface area contributed by atoms with Crippen molar-refractivity contribution in [3.05, 3.63) is 28.5 Å². The summed E-state index contributed by atoms with van der Waals surface area (Å²) in [5.41, 5.74) is 7.48. The molecule has 1 aliphatic carbocycles. The Morgan fingerprint density at radius 3 is 2.90 bits per heavy atom. The van der Waals surface area contributed by atoms with Gasteiger partial charge in [-0.25, -0.2) is 13.4 Å². The van der Waals surface area contributed by atoms with Crippen LogP contribution in [0.4, 0.5) is 5.13 Å². The molecule has 2 aromatic rings. The van der Waals surface area contributed by atoms with E-state index in [2.05, 4.69) is 9.71 Å². The topological polar surface area (TPSA) is 90.0 Å². The minimum Gasteiger partial charge on any atom is -0.349 e. The van der Waals surface area contributed by atoms with Gasteiger partial charge in [0, 0.05) is 29.9 Å². The number of fused-ring (bicyclic) bond motifs is 1. The number of aryl methyl sites for hydroxylation is 3. The standard InChI is InChI=1S/C13H18N4O2S2/c1-2-17-8-10(6-9(17)7-14)21(18,19)16-13-15-11-4-3-5-12(11)20-13/h6,8H,2-5,7,14H2,1H3,(H,15,16). The average Bonchev–Trinajstić information content (AvgIpc) is 3.10. The van der Waals surface area contributed by atoms with E-state index < -0.39 is 10.0 Å². The summed E-state index contributed by atoms with van der Waals surface area (Å²) in [6, 6.07) is 1.62. The van der Waals surface area contributed by atoms with E-state index in [4.69, 9.17) is 5.73 Å². The van der Waals surface area contributed by atoms with Gasteiger partial charge in [-0.15, -0.1) is 11.3 Å². The normalized spacial score (nSPS) is 14.4. The van der Waals surface area contributed by atoms with E-state index in [1.807, 2.05) is 11.5 Å². The predicted molar refractivity (Wildman–Crippen MR) is 82.9 cm³/mol. The van der Waals surface area contributed by atoms with Crippen molar-refractivity contribution in [1.29, 1.82) is 0 Å². The number of nitrogens with zero attached hydrogens (tertiary/aromatic N) is 2. The van der Waals surface area contributed by atoms with Gasteiger partial charge < -0.3 is 10.3 Å². The summed E-state index contributed by atoms with van der Waals surface area (Å²) in [6.07, 6.45) is 4.67. The first kappa shape index (κ1) is 14.6. The van der Waals surface area contributed by atoms with Crippen LogP contribution in [0.25, 0.3) is 0 Å². The molecule has 0 bridgehead atoms. The molecule has 3 N–H and O–H groups in total. The molecule has 0 spiro atoms. The van der Waals surface area contributed by atoms with E-state index in [0.29, 0.717) is 18.2 Å². The molecule has 0 atom stereocenters. The highest BCUT2D eigenvalue weighted by atomic mass is 32.2. The molecule has 0 unspecified atom stereocenters. The first-order valence-electron chi connectivity index (χ1n) is 6.94. The van der Waals surface area contributed by atoms with Crippen LogP contribution < -0.4 is 10.5 Å². The summed E-state index contributed by atoms with van der Waals surface area (Å²) in [4.78, 5) is 5.80. The molecule has 21 heavy (non-hydrogen) atoms. The molecule has 0 saturated heterocycles. The lowest BCUT2D eigenvalue weighted by atomic mass is 10.4. The summed E-state index contributed by atoms with van der Waals surface area (Å²) in [6.45, 7) is 2.96. The van der Waals surface area contributed by atoms with E-state index in [1.165, 1.54) is 16.2 Å². The zero-order chi connectivity index (χ0) is 15.0. The van der Waals surface area contributed by atoms with Crippen LogP contribution in [0.15, 0.2) is 17.2 Å². The molecule has 0 saturated carbocycles. The Labute approximate surface area is 128 Å². The molecule has 2 aromatic heterocycles. The van der Waals surface area contributed by atoms with Crippen LogP contribution in [-0.4, -0.2) is 18.0 Å². The van der Waals surface area contributed by atoms with Gasteiger partial charge in [0.25, 0.3) is 10.0 Å². The van der Waals surface area contributed by atoms with Gasteiger partial charge in [0.2, 0.25) is 0 Å². The van der Waals surface area contributed by atoms with E-state index in [1.54, 1.807) is 12.3 Å². The maximum Gasteiger partial charge on any atom is 0.265 e. The molecule has 0 amide bonds. The summed E-state index contributed by atoms with van der Waals surface area (Å²) < 4.78 is 29.3. The average molecular weight is 326 g/mol. The molecule has 0 aromatic carbocycles. The maximum atomic E-state index is 12.4. The van der Waals surface area contributed by atoms with Gasteiger partial charge in [-0.05, 0) is 32.3 Å². The lowest BCUT2D eigenvalue weighted by Gasteiger charge is -2.02. The fourth-order valence-corrected chi connectivity index (χ4v) is 4.89. The van der Waals surface area contributed by atoms with Crippen LogP contribution in [0.1, 0.15) is 29.6 Å². The summed E-state index contributed by atoms with van der Waals surface area (Å²) in [5.74, 6) is 0. The molecule has 114 valence electrons. The SMILES string of the molecule is CCn1cc(S(=O)(=O)Nc2nc3c(s2)CCC3)cc1CN. The van der Waals surface area contributed by atoms with Crippen LogP contribution >= 0.6 is 11.3 Å². The molecule has 1 aliphatic rings. The van der Waals surface area contributed by atoms with Crippen molar-refractivity contribution in [2.24, 2.45) is 5.73 Å². The van der Waals surface area contributed by atoms with Crippen LogP contribution in [0, 0.1) is 0 Å². The maximum absolute atomic E-state index is 12.4. The van der Waals surface area contributed by atoms with Gasteiger partial charge in [-0.3, -0.25) is 4.72 Å². The number of hydrogen-bond acceptors (Lipinski definition) is 5. The first-order chi connectivity index (χ1) is 10.0. The fraction of sp³-hybridized carbons (Fsp3) is 0.462. The van der Waals surface area contributed by atoms with E-state index >= 15 is 0 Å². The third-order valence-electron chi connectivity index (χ3n) is 3.64. The molecule has 6 nitrogen and oxygen atoms in total.